The highest BCUT2D eigenvalue weighted by atomic mass is 19.4. The minimum absolute atomic E-state index is 0.0414. The average molecular weight is 292 g/mol. The second kappa shape index (κ2) is 7.88. The van der Waals surface area contributed by atoms with Crippen LogP contribution in [0.15, 0.2) is 6.07 Å². The number of ether oxygens (including phenoxy) is 1. The van der Waals surface area contributed by atoms with Crippen LogP contribution in [0.5, 0.6) is 0 Å². The first kappa shape index (κ1) is 16.5. The van der Waals surface area contributed by atoms with Crippen LogP contribution in [0, 0.1) is 6.92 Å². The maximum absolute atomic E-state index is 11.9. The van der Waals surface area contributed by atoms with Crippen LogP contribution in [0.1, 0.15) is 19.0 Å². The van der Waals surface area contributed by atoms with Crippen LogP contribution in [0.4, 0.5) is 24.9 Å². The summed E-state index contributed by atoms with van der Waals surface area (Å²) in [6.07, 6.45) is -3.34. The zero-order valence-electron chi connectivity index (χ0n) is 11.5. The van der Waals surface area contributed by atoms with Gasteiger partial charge in [-0.1, -0.05) is 6.92 Å². The summed E-state index contributed by atoms with van der Waals surface area (Å²) in [6, 6.07) is 1.72. The molecule has 0 radical (unpaired) electrons. The highest BCUT2D eigenvalue weighted by molar-refractivity contribution is 5.42. The number of rotatable bonds is 8. The predicted molar refractivity (Wildman–Crippen MR) is 70.9 cm³/mol. The van der Waals surface area contributed by atoms with Gasteiger partial charge in [-0.15, -0.1) is 0 Å². The summed E-state index contributed by atoms with van der Waals surface area (Å²) in [4.78, 5) is 8.41. The smallest absolute Gasteiger partial charge is 0.370 e. The third kappa shape index (κ3) is 7.13. The summed E-state index contributed by atoms with van der Waals surface area (Å²) >= 11 is 0. The van der Waals surface area contributed by atoms with Crippen molar-refractivity contribution in [1.82, 2.24) is 9.97 Å². The van der Waals surface area contributed by atoms with E-state index in [-0.39, 0.29) is 13.2 Å². The summed E-state index contributed by atoms with van der Waals surface area (Å²) in [5.41, 5.74) is 0.775. The van der Waals surface area contributed by atoms with Gasteiger partial charge in [0.05, 0.1) is 6.61 Å². The number of alkyl halides is 3. The van der Waals surface area contributed by atoms with E-state index in [1.807, 2.05) is 13.8 Å². The monoisotopic (exact) mass is 292 g/mol. The van der Waals surface area contributed by atoms with Gasteiger partial charge in [-0.25, -0.2) is 4.98 Å². The number of hydrogen-bond donors (Lipinski definition) is 2. The number of aryl methyl sites for hydroxylation is 1. The quantitative estimate of drug-likeness (QED) is 0.721. The number of hydrogen-bond acceptors (Lipinski definition) is 5. The molecule has 0 fully saturated rings. The Labute approximate surface area is 116 Å². The van der Waals surface area contributed by atoms with Crippen LogP contribution in [0.25, 0.3) is 0 Å². The summed E-state index contributed by atoms with van der Waals surface area (Å²) in [6.45, 7) is 3.59. The molecule has 2 N–H and O–H groups in total. The van der Waals surface area contributed by atoms with E-state index in [0.717, 1.165) is 18.7 Å². The molecule has 0 saturated heterocycles. The minimum atomic E-state index is -4.29. The summed E-state index contributed by atoms with van der Waals surface area (Å²) in [7, 11) is 0. The average Bonchev–Trinajstić information content (AvgIpc) is 2.34. The van der Waals surface area contributed by atoms with Crippen molar-refractivity contribution in [2.45, 2.75) is 26.4 Å². The Morgan fingerprint density at radius 3 is 2.60 bits per heavy atom. The molecule has 5 nitrogen and oxygen atoms in total. The topological polar surface area (TPSA) is 59.1 Å². The van der Waals surface area contributed by atoms with Crippen LogP contribution in [-0.2, 0) is 4.74 Å². The molecular formula is C12H19F3N4O. The third-order valence-corrected chi connectivity index (χ3v) is 2.21. The van der Waals surface area contributed by atoms with E-state index in [4.69, 9.17) is 0 Å². The fourth-order valence-electron chi connectivity index (χ4n) is 1.41. The Hall–Kier alpha value is -1.57. The van der Waals surface area contributed by atoms with E-state index in [2.05, 4.69) is 25.3 Å². The van der Waals surface area contributed by atoms with E-state index < -0.39 is 12.8 Å². The van der Waals surface area contributed by atoms with Gasteiger partial charge in [0.1, 0.15) is 12.4 Å². The van der Waals surface area contributed by atoms with Crippen molar-refractivity contribution in [1.29, 1.82) is 0 Å². The van der Waals surface area contributed by atoms with Crippen molar-refractivity contribution in [3.63, 3.8) is 0 Å². The van der Waals surface area contributed by atoms with Crippen LogP contribution < -0.4 is 10.6 Å². The fourth-order valence-corrected chi connectivity index (χ4v) is 1.41. The Morgan fingerprint density at radius 1 is 1.20 bits per heavy atom. The lowest BCUT2D eigenvalue weighted by atomic mass is 10.4. The molecule has 0 amide bonds. The van der Waals surface area contributed by atoms with E-state index in [1.165, 1.54) is 0 Å². The van der Waals surface area contributed by atoms with Crippen LogP contribution >= 0.6 is 0 Å². The SMILES string of the molecule is CCCNc1nc(C)cc(NCCOCC(F)(F)F)n1. The van der Waals surface area contributed by atoms with Crippen molar-refractivity contribution < 1.29 is 17.9 Å². The second-order valence-corrected chi connectivity index (χ2v) is 4.24. The van der Waals surface area contributed by atoms with Gasteiger partial charge in [-0.2, -0.15) is 18.2 Å². The van der Waals surface area contributed by atoms with Gasteiger partial charge in [-0.05, 0) is 13.3 Å². The summed E-state index contributed by atoms with van der Waals surface area (Å²) in [5, 5.41) is 5.96. The van der Waals surface area contributed by atoms with Gasteiger partial charge >= 0.3 is 6.18 Å². The van der Waals surface area contributed by atoms with Gasteiger partial charge < -0.3 is 15.4 Å². The van der Waals surface area contributed by atoms with E-state index in [0.29, 0.717) is 11.8 Å². The molecule has 0 bridgehead atoms. The summed E-state index contributed by atoms with van der Waals surface area (Å²) < 4.78 is 40.1. The molecule has 8 heteroatoms. The molecule has 0 atom stereocenters. The fraction of sp³-hybridized carbons (Fsp3) is 0.667. The number of aromatic nitrogens is 2. The van der Waals surface area contributed by atoms with Crippen molar-refractivity contribution in [2.24, 2.45) is 0 Å². The molecule has 0 unspecified atom stereocenters. The summed E-state index contributed by atoms with van der Waals surface area (Å²) in [5.74, 6) is 1.07. The second-order valence-electron chi connectivity index (χ2n) is 4.24. The van der Waals surface area contributed by atoms with Gasteiger partial charge in [0.25, 0.3) is 0 Å². The van der Waals surface area contributed by atoms with Crippen LogP contribution in [0.3, 0.4) is 0 Å². The van der Waals surface area contributed by atoms with Crippen molar-refractivity contribution in [3.8, 4) is 0 Å². The highest BCUT2D eigenvalue weighted by Crippen LogP contribution is 2.14. The van der Waals surface area contributed by atoms with Gasteiger partial charge in [0, 0.05) is 24.8 Å². The lowest BCUT2D eigenvalue weighted by molar-refractivity contribution is -0.172. The maximum atomic E-state index is 11.9. The van der Waals surface area contributed by atoms with E-state index in [9.17, 15) is 13.2 Å². The minimum Gasteiger partial charge on any atom is -0.370 e. The van der Waals surface area contributed by atoms with Crippen molar-refractivity contribution in [3.05, 3.63) is 11.8 Å². The predicted octanol–water partition coefficient (Wildman–Crippen LogP) is 2.60. The molecule has 1 heterocycles. The van der Waals surface area contributed by atoms with Gasteiger partial charge in [0.2, 0.25) is 5.95 Å². The molecule has 0 saturated carbocycles. The molecule has 20 heavy (non-hydrogen) atoms. The van der Waals surface area contributed by atoms with E-state index in [1.54, 1.807) is 6.07 Å². The lowest BCUT2D eigenvalue weighted by Crippen LogP contribution is -2.20. The zero-order chi connectivity index (χ0) is 15.0. The molecular weight excluding hydrogens is 273 g/mol. The Morgan fingerprint density at radius 2 is 1.95 bits per heavy atom. The Kier molecular flexibility index (Phi) is 6.50. The number of halogens is 3. The zero-order valence-corrected chi connectivity index (χ0v) is 11.5. The molecule has 114 valence electrons. The van der Waals surface area contributed by atoms with Crippen LogP contribution in [-0.4, -0.2) is 42.4 Å². The number of anilines is 2. The maximum Gasteiger partial charge on any atom is 0.411 e. The normalized spacial score (nSPS) is 11.4. The van der Waals surface area contributed by atoms with E-state index >= 15 is 0 Å². The molecule has 0 aliphatic heterocycles. The first-order valence-corrected chi connectivity index (χ1v) is 6.38. The Bertz CT molecular complexity index is 412. The molecule has 1 aromatic heterocycles. The number of nitrogens with one attached hydrogen (secondary N) is 2. The largest absolute Gasteiger partial charge is 0.411 e. The van der Waals surface area contributed by atoms with Crippen LogP contribution in [0.2, 0.25) is 0 Å². The molecule has 0 spiro atoms. The Balaban J connectivity index is 2.37. The third-order valence-electron chi connectivity index (χ3n) is 2.21. The van der Waals surface area contributed by atoms with Crippen molar-refractivity contribution in [2.75, 3.05) is 36.9 Å². The number of nitrogens with zero attached hydrogens (tertiary/aromatic N) is 2. The standard InChI is InChI=1S/C12H19F3N4O/c1-3-4-17-11-18-9(2)7-10(19-11)16-5-6-20-8-12(13,14)15/h7H,3-6,8H2,1-2H3,(H2,16,17,18,19). The molecule has 1 rings (SSSR count). The first-order chi connectivity index (χ1) is 9.40. The molecule has 0 aliphatic carbocycles. The molecule has 1 aromatic rings. The van der Waals surface area contributed by atoms with Crippen molar-refractivity contribution >= 4 is 11.8 Å². The van der Waals surface area contributed by atoms with Gasteiger partial charge in [-0.3, -0.25) is 0 Å². The lowest BCUT2D eigenvalue weighted by Gasteiger charge is -2.10. The van der Waals surface area contributed by atoms with Gasteiger partial charge in [0.15, 0.2) is 0 Å². The first-order valence-electron chi connectivity index (χ1n) is 6.38. The highest BCUT2D eigenvalue weighted by Gasteiger charge is 2.27. The molecule has 0 aromatic carbocycles. The molecule has 0 aliphatic rings.